The highest BCUT2D eigenvalue weighted by Gasteiger charge is 2.33. The molecule has 1 aliphatic carbocycles. The first-order valence-electron chi connectivity index (χ1n) is 9.23. The summed E-state index contributed by atoms with van der Waals surface area (Å²) in [4.78, 5) is 13.9. The lowest BCUT2D eigenvalue weighted by atomic mass is 10.1. The van der Waals surface area contributed by atoms with Crippen molar-refractivity contribution in [2.45, 2.75) is 75.8 Å². The zero-order valence-electron chi connectivity index (χ0n) is 15.4. The van der Waals surface area contributed by atoms with E-state index in [1.165, 1.54) is 12.8 Å². The monoisotopic (exact) mass is 364 g/mol. The van der Waals surface area contributed by atoms with Crippen molar-refractivity contribution in [1.29, 1.82) is 0 Å². The molecule has 1 unspecified atom stereocenters. The quantitative estimate of drug-likeness (QED) is 0.773. The molecule has 1 heterocycles. The van der Waals surface area contributed by atoms with Gasteiger partial charge in [-0.25, -0.2) is 8.42 Å². The zero-order chi connectivity index (χ0) is 18.2. The summed E-state index contributed by atoms with van der Waals surface area (Å²) in [5.74, 6) is -0.00238. The molecule has 1 aromatic rings. The Morgan fingerprint density at radius 1 is 1.16 bits per heavy atom. The van der Waals surface area contributed by atoms with Crippen LogP contribution in [0.4, 0.5) is 5.69 Å². The van der Waals surface area contributed by atoms with Crippen LogP contribution in [0.25, 0.3) is 0 Å². The minimum absolute atomic E-state index is 0.00238. The second-order valence-electron chi connectivity index (χ2n) is 7.40. The van der Waals surface area contributed by atoms with E-state index in [1.807, 2.05) is 6.92 Å². The predicted octanol–water partition coefficient (Wildman–Crippen LogP) is 3.33. The van der Waals surface area contributed by atoms with Crippen molar-refractivity contribution in [2.75, 3.05) is 11.9 Å². The molecule has 1 atom stereocenters. The smallest absolute Gasteiger partial charge is 0.243 e. The summed E-state index contributed by atoms with van der Waals surface area (Å²) in [6, 6.07) is 5.36. The van der Waals surface area contributed by atoms with E-state index in [0.717, 1.165) is 36.9 Å². The van der Waals surface area contributed by atoms with Gasteiger partial charge in [-0.3, -0.25) is 4.79 Å². The fourth-order valence-corrected chi connectivity index (χ4v) is 5.70. The molecule has 6 heteroatoms. The second-order valence-corrected chi connectivity index (χ2v) is 9.40. The summed E-state index contributed by atoms with van der Waals surface area (Å²) < 4.78 is 27.7. The van der Waals surface area contributed by atoms with Gasteiger partial charge in [-0.05, 0) is 49.9 Å². The van der Waals surface area contributed by atoms with Crippen LogP contribution in [-0.2, 0) is 21.2 Å². The van der Waals surface area contributed by atoms with Crippen LogP contribution in [0.1, 0.15) is 57.9 Å². The highest BCUT2D eigenvalue weighted by Crippen LogP contribution is 2.35. The SMILES string of the molecule is CC(=O)N1c2ccc(S(=O)(=O)N(C)C3CCCCCC3)cc2CC1C. The maximum atomic E-state index is 13.1. The van der Waals surface area contributed by atoms with Gasteiger partial charge in [0.15, 0.2) is 0 Å². The maximum absolute atomic E-state index is 13.1. The Kier molecular flexibility index (Phi) is 5.21. The molecule has 138 valence electrons. The molecule has 0 saturated heterocycles. The Morgan fingerprint density at radius 3 is 2.40 bits per heavy atom. The van der Waals surface area contributed by atoms with Gasteiger partial charge in [0.05, 0.1) is 4.90 Å². The summed E-state index contributed by atoms with van der Waals surface area (Å²) in [6.45, 7) is 3.54. The fourth-order valence-electron chi connectivity index (χ4n) is 4.23. The average molecular weight is 365 g/mol. The third-order valence-corrected chi connectivity index (χ3v) is 7.53. The molecule has 1 aliphatic heterocycles. The lowest BCUT2D eigenvalue weighted by Crippen LogP contribution is -2.36. The van der Waals surface area contributed by atoms with Gasteiger partial charge in [-0.15, -0.1) is 0 Å². The van der Waals surface area contributed by atoms with Gasteiger partial charge in [0.25, 0.3) is 0 Å². The minimum atomic E-state index is -3.50. The number of anilines is 1. The number of hydrogen-bond acceptors (Lipinski definition) is 3. The fraction of sp³-hybridized carbons (Fsp3) is 0.632. The molecule has 0 N–H and O–H groups in total. The summed E-state index contributed by atoms with van der Waals surface area (Å²) in [7, 11) is -1.79. The molecule has 0 bridgehead atoms. The van der Waals surface area contributed by atoms with Crippen LogP contribution in [0.5, 0.6) is 0 Å². The topological polar surface area (TPSA) is 57.7 Å². The van der Waals surface area contributed by atoms with Crippen molar-refractivity contribution in [3.8, 4) is 0 Å². The van der Waals surface area contributed by atoms with Crippen molar-refractivity contribution in [3.63, 3.8) is 0 Å². The van der Waals surface area contributed by atoms with Gasteiger partial charge in [0.2, 0.25) is 15.9 Å². The molecule has 1 amide bonds. The van der Waals surface area contributed by atoms with Gasteiger partial charge < -0.3 is 4.90 Å². The van der Waals surface area contributed by atoms with Crippen LogP contribution in [-0.4, -0.2) is 37.8 Å². The summed E-state index contributed by atoms with van der Waals surface area (Å²) >= 11 is 0. The average Bonchev–Trinajstić information content (AvgIpc) is 2.73. The van der Waals surface area contributed by atoms with Gasteiger partial charge in [-0.2, -0.15) is 4.31 Å². The van der Waals surface area contributed by atoms with E-state index in [-0.39, 0.29) is 18.0 Å². The summed E-state index contributed by atoms with van der Waals surface area (Å²) in [6.07, 6.45) is 7.17. The molecule has 0 aromatic heterocycles. The molecule has 1 aromatic carbocycles. The van der Waals surface area contributed by atoms with Crippen molar-refractivity contribution < 1.29 is 13.2 Å². The normalized spacial score (nSPS) is 22.1. The zero-order valence-corrected chi connectivity index (χ0v) is 16.2. The summed E-state index contributed by atoms with van der Waals surface area (Å²) in [5, 5.41) is 0. The first-order valence-corrected chi connectivity index (χ1v) is 10.7. The molecule has 1 saturated carbocycles. The maximum Gasteiger partial charge on any atom is 0.243 e. The number of nitrogens with zero attached hydrogens (tertiary/aromatic N) is 2. The Hall–Kier alpha value is -1.40. The largest absolute Gasteiger partial charge is 0.309 e. The van der Waals surface area contributed by atoms with Gasteiger partial charge in [0, 0.05) is 31.7 Å². The van der Waals surface area contributed by atoms with Gasteiger partial charge >= 0.3 is 0 Å². The molecule has 25 heavy (non-hydrogen) atoms. The number of sulfonamides is 1. The van der Waals surface area contributed by atoms with E-state index in [2.05, 4.69) is 0 Å². The van der Waals surface area contributed by atoms with Crippen molar-refractivity contribution >= 4 is 21.6 Å². The Bertz CT molecular complexity index is 752. The number of rotatable bonds is 3. The number of hydrogen-bond donors (Lipinski definition) is 0. The van der Waals surface area contributed by atoms with Crippen molar-refractivity contribution in [3.05, 3.63) is 23.8 Å². The van der Waals surface area contributed by atoms with Crippen LogP contribution >= 0.6 is 0 Å². The van der Waals surface area contributed by atoms with Crippen LogP contribution in [0.15, 0.2) is 23.1 Å². The number of carbonyl (C=O) groups excluding carboxylic acids is 1. The molecular formula is C19H28N2O3S. The molecule has 0 spiro atoms. The van der Waals surface area contributed by atoms with Crippen LogP contribution in [0.2, 0.25) is 0 Å². The third kappa shape index (κ3) is 3.47. The standard InChI is InChI=1S/C19H28N2O3S/c1-14-12-16-13-18(10-11-19(16)21(14)15(2)22)25(23,24)20(3)17-8-6-4-5-7-9-17/h10-11,13-14,17H,4-9,12H2,1-3H3. The predicted molar refractivity (Wildman–Crippen MR) is 99.2 cm³/mol. The number of amides is 1. The molecular weight excluding hydrogens is 336 g/mol. The lowest BCUT2D eigenvalue weighted by molar-refractivity contribution is -0.116. The lowest BCUT2D eigenvalue weighted by Gasteiger charge is -2.26. The van der Waals surface area contributed by atoms with Crippen LogP contribution in [0.3, 0.4) is 0 Å². The Balaban J connectivity index is 1.89. The molecule has 3 rings (SSSR count). The van der Waals surface area contributed by atoms with E-state index in [1.54, 1.807) is 41.4 Å². The minimum Gasteiger partial charge on any atom is -0.309 e. The van der Waals surface area contributed by atoms with E-state index >= 15 is 0 Å². The van der Waals surface area contributed by atoms with Crippen LogP contribution in [0, 0.1) is 0 Å². The summed E-state index contributed by atoms with van der Waals surface area (Å²) in [5.41, 5.74) is 1.79. The number of fused-ring (bicyclic) bond motifs is 1. The van der Waals surface area contributed by atoms with Crippen molar-refractivity contribution in [2.24, 2.45) is 0 Å². The Labute approximate surface area is 151 Å². The highest BCUT2D eigenvalue weighted by atomic mass is 32.2. The number of benzene rings is 1. The molecule has 1 fully saturated rings. The third-order valence-electron chi connectivity index (χ3n) is 5.62. The number of carbonyl (C=O) groups is 1. The Morgan fingerprint density at radius 2 is 1.80 bits per heavy atom. The molecule has 2 aliphatic rings. The second kappa shape index (κ2) is 7.08. The first-order chi connectivity index (χ1) is 11.8. The first kappa shape index (κ1) is 18.4. The van der Waals surface area contributed by atoms with Crippen molar-refractivity contribution in [1.82, 2.24) is 4.31 Å². The molecule has 0 radical (unpaired) electrons. The van der Waals surface area contributed by atoms with E-state index < -0.39 is 10.0 Å². The van der Waals surface area contributed by atoms with Crippen LogP contribution < -0.4 is 4.90 Å². The van der Waals surface area contributed by atoms with Gasteiger partial charge in [-0.1, -0.05) is 25.7 Å². The van der Waals surface area contributed by atoms with E-state index in [9.17, 15) is 13.2 Å². The van der Waals surface area contributed by atoms with Gasteiger partial charge in [0.1, 0.15) is 0 Å². The highest BCUT2D eigenvalue weighted by molar-refractivity contribution is 7.89. The molecule has 5 nitrogen and oxygen atoms in total. The van der Waals surface area contributed by atoms with E-state index in [4.69, 9.17) is 0 Å². The van der Waals surface area contributed by atoms with E-state index in [0.29, 0.717) is 11.3 Å².